The van der Waals surface area contributed by atoms with Gasteiger partial charge in [-0.2, -0.15) is 0 Å². The molecule has 6 nitrogen and oxygen atoms in total. The van der Waals surface area contributed by atoms with Crippen LogP contribution in [0.25, 0.3) is 5.69 Å². The second-order valence-corrected chi connectivity index (χ2v) is 11.3. The number of hydrogen-bond acceptors (Lipinski definition) is 4. The summed E-state index contributed by atoms with van der Waals surface area (Å²) in [6.07, 6.45) is 8.78. The van der Waals surface area contributed by atoms with Gasteiger partial charge in [0.15, 0.2) is 5.11 Å². The lowest BCUT2D eigenvalue weighted by atomic mass is 9.91. The molecule has 2 fully saturated rings. The average Bonchev–Trinajstić information content (AvgIpc) is 3.53. The monoisotopic (exact) mass is 542 g/mol. The Morgan fingerprint density at radius 2 is 1.71 bits per heavy atom. The van der Waals surface area contributed by atoms with E-state index < -0.39 is 0 Å². The highest BCUT2D eigenvalue weighted by Crippen LogP contribution is 2.44. The number of hydrogen-bond donors (Lipinski definition) is 1. The SMILES string of the molecule is C[C@@H]1C[C@H](C)CN(c2ccc(N3C(=S)N[C@H](c4ccccn4)[C@@H]3c3cccn3-c3ccncc3)cc2Cl)C1. The van der Waals surface area contributed by atoms with Gasteiger partial charge in [-0.1, -0.05) is 31.5 Å². The van der Waals surface area contributed by atoms with Crippen LogP contribution in [0.4, 0.5) is 11.4 Å². The first-order valence-electron chi connectivity index (χ1n) is 13.1. The highest BCUT2D eigenvalue weighted by atomic mass is 35.5. The predicted molar refractivity (Wildman–Crippen MR) is 158 cm³/mol. The third-order valence-corrected chi connectivity index (χ3v) is 8.16. The Morgan fingerprint density at radius 3 is 2.42 bits per heavy atom. The zero-order valence-electron chi connectivity index (χ0n) is 21.5. The van der Waals surface area contributed by atoms with E-state index in [1.165, 1.54) is 6.42 Å². The zero-order valence-corrected chi connectivity index (χ0v) is 23.1. The van der Waals surface area contributed by atoms with E-state index in [0.29, 0.717) is 16.9 Å². The summed E-state index contributed by atoms with van der Waals surface area (Å²) in [5.74, 6) is 1.30. The van der Waals surface area contributed by atoms with Gasteiger partial charge < -0.3 is 19.7 Å². The summed E-state index contributed by atoms with van der Waals surface area (Å²) in [4.78, 5) is 13.5. The molecule has 4 atom stereocenters. The van der Waals surface area contributed by atoms with Crippen LogP contribution in [0, 0.1) is 11.8 Å². The molecule has 2 saturated heterocycles. The lowest BCUT2D eigenvalue weighted by Gasteiger charge is -2.37. The van der Waals surface area contributed by atoms with Gasteiger partial charge in [-0.05, 0) is 85.1 Å². The number of nitrogens with zero attached hydrogens (tertiary/aromatic N) is 5. The van der Waals surface area contributed by atoms with Crippen LogP contribution < -0.4 is 15.1 Å². The molecule has 194 valence electrons. The standard InChI is InChI=1S/C30H31ClN6S/c1-20-16-21(2)19-35(18-20)26-9-8-23(17-24(26)31)37-29(28(34-30(37)38)25-6-3-4-12-33-25)27-7-5-15-36(27)22-10-13-32-14-11-22/h3-15,17,20-21,28-29H,16,18-19H2,1-2H3,(H,34,38)/t20-,21+,28-,29+/m1/s1. The molecule has 2 aliphatic rings. The van der Waals surface area contributed by atoms with Crippen LogP contribution in [0.3, 0.4) is 0 Å². The van der Waals surface area contributed by atoms with Crippen LogP contribution in [0.2, 0.25) is 5.02 Å². The first kappa shape index (κ1) is 24.9. The first-order chi connectivity index (χ1) is 18.5. The number of nitrogens with one attached hydrogen (secondary N) is 1. The number of benzene rings is 1. The third-order valence-electron chi connectivity index (χ3n) is 7.54. The van der Waals surface area contributed by atoms with Gasteiger partial charge in [-0.15, -0.1) is 0 Å². The molecule has 1 N–H and O–H groups in total. The first-order valence-corrected chi connectivity index (χ1v) is 13.9. The van der Waals surface area contributed by atoms with Crippen molar-refractivity contribution in [1.29, 1.82) is 0 Å². The molecule has 5 heterocycles. The predicted octanol–water partition coefficient (Wildman–Crippen LogP) is 6.58. The molecule has 38 heavy (non-hydrogen) atoms. The summed E-state index contributed by atoms with van der Waals surface area (Å²) in [6.45, 7) is 6.69. The van der Waals surface area contributed by atoms with Gasteiger partial charge in [-0.3, -0.25) is 9.97 Å². The van der Waals surface area contributed by atoms with Crippen molar-refractivity contribution in [2.45, 2.75) is 32.4 Å². The maximum Gasteiger partial charge on any atom is 0.174 e. The van der Waals surface area contributed by atoms with Crippen LogP contribution in [0.1, 0.15) is 43.7 Å². The Labute approximate surface area is 234 Å². The number of thiocarbonyl (C=S) groups is 1. The van der Waals surface area contributed by atoms with Crippen LogP contribution in [-0.4, -0.2) is 32.7 Å². The van der Waals surface area contributed by atoms with Crippen molar-refractivity contribution >= 4 is 40.3 Å². The molecule has 2 aliphatic heterocycles. The summed E-state index contributed by atoms with van der Waals surface area (Å²) >= 11 is 12.9. The van der Waals surface area contributed by atoms with Gasteiger partial charge in [-0.25, -0.2) is 0 Å². The quantitative estimate of drug-likeness (QED) is 0.287. The molecule has 3 aromatic heterocycles. The van der Waals surface area contributed by atoms with Gasteiger partial charge in [0.25, 0.3) is 0 Å². The molecule has 1 aromatic carbocycles. The van der Waals surface area contributed by atoms with Gasteiger partial charge in [0.2, 0.25) is 0 Å². The largest absolute Gasteiger partial charge is 0.370 e. The fourth-order valence-corrected chi connectivity index (χ4v) is 6.71. The van der Waals surface area contributed by atoms with Crippen molar-refractivity contribution in [3.8, 4) is 5.69 Å². The normalized spacial score (nSPS) is 23.5. The molecule has 0 radical (unpaired) electrons. The topological polar surface area (TPSA) is 49.2 Å². The Kier molecular flexibility index (Phi) is 6.80. The van der Waals surface area contributed by atoms with E-state index in [1.54, 1.807) is 0 Å². The summed E-state index contributed by atoms with van der Waals surface area (Å²) < 4.78 is 2.19. The molecule has 0 saturated carbocycles. The number of pyridine rings is 2. The molecule has 4 aromatic rings. The molecule has 0 spiro atoms. The van der Waals surface area contributed by atoms with E-state index in [-0.39, 0.29) is 12.1 Å². The maximum atomic E-state index is 6.98. The van der Waals surface area contributed by atoms with E-state index in [2.05, 4.69) is 75.0 Å². The number of aromatic nitrogens is 3. The molecule has 0 unspecified atom stereocenters. The number of anilines is 2. The fraction of sp³-hybridized carbons (Fsp3) is 0.300. The molecular formula is C30H31ClN6S. The van der Waals surface area contributed by atoms with Crippen molar-refractivity contribution < 1.29 is 0 Å². The molecular weight excluding hydrogens is 512 g/mol. The second kappa shape index (κ2) is 10.4. The van der Waals surface area contributed by atoms with Gasteiger partial charge in [0.1, 0.15) is 6.04 Å². The highest BCUT2D eigenvalue weighted by molar-refractivity contribution is 7.80. The minimum Gasteiger partial charge on any atom is -0.370 e. The smallest absolute Gasteiger partial charge is 0.174 e. The minimum absolute atomic E-state index is 0.138. The van der Waals surface area contributed by atoms with Crippen LogP contribution >= 0.6 is 23.8 Å². The third kappa shape index (κ3) is 4.65. The lowest BCUT2D eigenvalue weighted by Crippen LogP contribution is -2.38. The summed E-state index contributed by atoms with van der Waals surface area (Å²) in [6, 6.07) is 20.3. The van der Waals surface area contributed by atoms with E-state index in [0.717, 1.165) is 46.6 Å². The Balaban J connectivity index is 1.42. The summed E-state index contributed by atoms with van der Waals surface area (Å²) in [7, 11) is 0. The number of rotatable bonds is 5. The molecule has 0 aliphatic carbocycles. The number of piperidine rings is 1. The van der Waals surface area contributed by atoms with E-state index >= 15 is 0 Å². The van der Waals surface area contributed by atoms with E-state index in [1.807, 2.05) is 48.9 Å². The maximum absolute atomic E-state index is 6.98. The molecule has 6 rings (SSSR count). The van der Waals surface area contributed by atoms with Crippen molar-refractivity contribution in [3.05, 3.63) is 102 Å². The summed E-state index contributed by atoms with van der Waals surface area (Å²) in [5.41, 5.74) is 5.12. The van der Waals surface area contributed by atoms with E-state index in [9.17, 15) is 0 Å². The van der Waals surface area contributed by atoms with Crippen molar-refractivity contribution in [2.75, 3.05) is 22.9 Å². The Bertz CT molecular complexity index is 1420. The molecule has 8 heteroatoms. The van der Waals surface area contributed by atoms with Crippen molar-refractivity contribution in [3.63, 3.8) is 0 Å². The summed E-state index contributed by atoms with van der Waals surface area (Å²) in [5, 5.41) is 4.96. The molecule has 0 bridgehead atoms. The second-order valence-electron chi connectivity index (χ2n) is 10.5. The Hall–Kier alpha value is -3.42. The van der Waals surface area contributed by atoms with Gasteiger partial charge >= 0.3 is 0 Å². The minimum atomic E-state index is -0.141. The zero-order chi connectivity index (χ0) is 26.2. The fourth-order valence-electron chi connectivity index (χ4n) is 6.07. The van der Waals surface area contributed by atoms with Crippen LogP contribution in [0.15, 0.2) is 85.5 Å². The lowest BCUT2D eigenvalue weighted by molar-refractivity contribution is 0.357. The number of halogens is 1. The van der Waals surface area contributed by atoms with Crippen LogP contribution in [0.5, 0.6) is 0 Å². The highest BCUT2D eigenvalue weighted by Gasteiger charge is 2.42. The molecule has 0 amide bonds. The van der Waals surface area contributed by atoms with Crippen molar-refractivity contribution in [2.24, 2.45) is 11.8 Å². The average molecular weight is 543 g/mol. The van der Waals surface area contributed by atoms with Crippen LogP contribution in [-0.2, 0) is 0 Å². The Morgan fingerprint density at radius 1 is 0.921 bits per heavy atom. The van der Waals surface area contributed by atoms with Gasteiger partial charge in [0.05, 0.1) is 22.4 Å². The van der Waals surface area contributed by atoms with Crippen molar-refractivity contribution in [1.82, 2.24) is 19.9 Å². The van der Waals surface area contributed by atoms with E-state index in [4.69, 9.17) is 28.8 Å². The van der Waals surface area contributed by atoms with Gasteiger partial charge in [0, 0.05) is 54.9 Å².